The van der Waals surface area contributed by atoms with Gasteiger partial charge in [-0.05, 0) is 62.2 Å². The predicted octanol–water partition coefficient (Wildman–Crippen LogP) is 4.52. The second-order valence-corrected chi connectivity index (χ2v) is 8.02. The van der Waals surface area contributed by atoms with Gasteiger partial charge in [-0.1, -0.05) is 42.3 Å². The molecule has 0 N–H and O–H groups in total. The lowest BCUT2D eigenvalue weighted by atomic mass is 10.1. The molecule has 0 fully saturated rings. The Hall–Kier alpha value is -2.49. The lowest BCUT2D eigenvalue weighted by Gasteiger charge is -2.22. The van der Waals surface area contributed by atoms with Crippen molar-refractivity contribution in [2.45, 2.75) is 20.8 Å². The fraction of sp³-hybridized carbons (Fsp3) is 0.261. The van der Waals surface area contributed by atoms with Gasteiger partial charge in [0.25, 0.3) is 0 Å². The van der Waals surface area contributed by atoms with Crippen LogP contribution < -0.4 is 0 Å². The minimum atomic E-state index is -3.00. The Bertz CT molecular complexity index is 815. The highest BCUT2D eigenvalue weighted by atomic mass is 28.4. The van der Waals surface area contributed by atoms with Crippen molar-refractivity contribution in [3.63, 3.8) is 0 Å². The molecule has 0 amide bonds. The van der Waals surface area contributed by atoms with E-state index in [9.17, 15) is 4.79 Å². The minimum absolute atomic E-state index is 0.0509. The van der Waals surface area contributed by atoms with Gasteiger partial charge in [0.2, 0.25) is 0 Å². The Morgan fingerprint density at radius 2 is 1.46 bits per heavy atom. The molecule has 146 valence electrons. The second kappa shape index (κ2) is 11.4. The van der Waals surface area contributed by atoms with Gasteiger partial charge in [-0.2, -0.15) is 0 Å². The van der Waals surface area contributed by atoms with E-state index in [1.807, 2.05) is 69.3 Å². The highest BCUT2D eigenvalue weighted by Crippen LogP contribution is 2.11. The summed E-state index contributed by atoms with van der Waals surface area (Å²) in [6.07, 6.45) is 3.38. The van der Waals surface area contributed by atoms with E-state index in [0.717, 1.165) is 11.1 Å². The van der Waals surface area contributed by atoms with Gasteiger partial charge in [-0.25, -0.2) is 0 Å². The summed E-state index contributed by atoms with van der Waals surface area (Å²) in [6.45, 7) is 7.10. The summed E-state index contributed by atoms with van der Waals surface area (Å²) >= 11 is 0. The molecule has 0 unspecified atom stereocenters. The normalized spacial score (nSPS) is 11.2. The molecule has 0 radical (unpaired) electrons. The van der Waals surface area contributed by atoms with Crippen molar-refractivity contribution < 1.29 is 18.1 Å². The molecule has 0 bridgehead atoms. The van der Waals surface area contributed by atoms with Crippen LogP contribution in [0.2, 0.25) is 0 Å². The van der Waals surface area contributed by atoms with Crippen LogP contribution in [0.3, 0.4) is 0 Å². The van der Waals surface area contributed by atoms with Crippen LogP contribution in [0.4, 0.5) is 0 Å². The van der Waals surface area contributed by atoms with E-state index in [0.29, 0.717) is 25.4 Å². The van der Waals surface area contributed by atoms with Crippen molar-refractivity contribution >= 4 is 20.7 Å². The molecule has 5 heteroatoms. The Kier molecular flexibility index (Phi) is 8.86. The molecule has 0 saturated carbocycles. The first-order valence-electron chi connectivity index (χ1n) is 9.45. The number of rotatable bonds is 9. The van der Waals surface area contributed by atoms with E-state index < -0.39 is 8.80 Å². The third kappa shape index (κ3) is 6.59. The second-order valence-electron chi connectivity index (χ2n) is 5.79. The topological polar surface area (TPSA) is 44.8 Å². The quantitative estimate of drug-likeness (QED) is 0.271. The molecule has 28 heavy (non-hydrogen) atoms. The maximum Gasteiger partial charge on any atom is 0.591 e. The minimum Gasteiger partial charge on any atom is -0.364 e. The van der Waals surface area contributed by atoms with Gasteiger partial charge < -0.3 is 13.3 Å². The maximum atomic E-state index is 12.3. The average Bonchev–Trinajstić information content (AvgIpc) is 2.72. The van der Waals surface area contributed by atoms with Gasteiger partial charge in [0.15, 0.2) is 5.78 Å². The van der Waals surface area contributed by atoms with Gasteiger partial charge in [-0.15, -0.1) is 0 Å². The first-order valence-corrected chi connectivity index (χ1v) is 11.2. The first-order chi connectivity index (χ1) is 13.6. The van der Waals surface area contributed by atoms with Gasteiger partial charge in [0.1, 0.15) is 0 Å². The molecule has 0 aliphatic rings. The summed E-state index contributed by atoms with van der Waals surface area (Å²) in [5, 5.41) is 0. The summed E-state index contributed by atoms with van der Waals surface area (Å²) in [5.41, 5.74) is 5.45. The molecule has 4 nitrogen and oxygen atoms in total. The fourth-order valence-corrected chi connectivity index (χ4v) is 4.41. The molecule has 0 heterocycles. The molecule has 2 rings (SSSR count). The molecule has 0 aliphatic heterocycles. The molecule has 0 spiro atoms. The molecule has 2 aromatic carbocycles. The SMILES string of the molecule is CCO[Si](C#Cc1ccc(C(=O)C=Cc2ccccc2)cc1)(OCC)OCC. The van der Waals surface area contributed by atoms with Crippen LogP contribution in [0.15, 0.2) is 60.7 Å². The molecule has 0 aromatic heterocycles. The molecule has 0 atom stereocenters. The Morgan fingerprint density at radius 1 is 0.893 bits per heavy atom. The molecule has 0 aliphatic carbocycles. The zero-order chi connectivity index (χ0) is 20.2. The number of hydrogen-bond donors (Lipinski definition) is 0. The van der Waals surface area contributed by atoms with Crippen LogP contribution >= 0.6 is 0 Å². The third-order valence-corrected chi connectivity index (χ3v) is 6.20. The Labute approximate surface area is 168 Å². The van der Waals surface area contributed by atoms with E-state index in [4.69, 9.17) is 13.3 Å². The predicted molar refractivity (Wildman–Crippen MR) is 114 cm³/mol. The Balaban J connectivity index is 2.12. The van der Waals surface area contributed by atoms with E-state index in [2.05, 4.69) is 11.5 Å². The summed E-state index contributed by atoms with van der Waals surface area (Å²) in [5.74, 6) is 3.02. The van der Waals surface area contributed by atoms with Crippen LogP contribution in [-0.4, -0.2) is 34.4 Å². The lowest BCUT2D eigenvalue weighted by Crippen LogP contribution is -2.45. The Morgan fingerprint density at radius 3 is 2.00 bits per heavy atom. The monoisotopic (exact) mass is 394 g/mol. The van der Waals surface area contributed by atoms with Crippen LogP contribution in [0.5, 0.6) is 0 Å². The molecular formula is C23H26O4Si. The van der Waals surface area contributed by atoms with Crippen molar-refractivity contribution in [1.82, 2.24) is 0 Å². The van der Waals surface area contributed by atoms with E-state index in [-0.39, 0.29) is 5.78 Å². The summed E-state index contributed by atoms with van der Waals surface area (Å²) < 4.78 is 17.2. The van der Waals surface area contributed by atoms with Gasteiger partial charge in [0.05, 0.1) is 0 Å². The van der Waals surface area contributed by atoms with Crippen molar-refractivity contribution in [2.75, 3.05) is 19.8 Å². The molecule has 2 aromatic rings. The summed E-state index contributed by atoms with van der Waals surface area (Å²) in [4.78, 5) is 12.3. The number of carbonyl (C=O) groups is 1. The molecular weight excluding hydrogens is 368 g/mol. The third-order valence-electron chi connectivity index (χ3n) is 3.76. The number of hydrogen-bond acceptors (Lipinski definition) is 4. The zero-order valence-corrected chi connectivity index (χ0v) is 17.6. The number of allylic oxidation sites excluding steroid dienone is 1. The number of carbonyl (C=O) groups excluding carboxylic acids is 1. The van der Waals surface area contributed by atoms with Crippen molar-refractivity contribution in [3.05, 3.63) is 77.4 Å². The van der Waals surface area contributed by atoms with Crippen molar-refractivity contribution in [3.8, 4) is 11.5 Å². The standard InChI is InChI=1S/C23H26O4Si/c1-4-25-28(26-5-2,27-6-3)19-18-21-12-15-22(16-13-21)23(24)17-14-20-10-8-7-9-11-20/h7-17H,4-6H2,1-3H3. The summed E-state index contributed by atoms with van der Waals surface area (Å²) in [6, 6.07) is 16.9. The van der Waals surface area contributed by atoms with Crippen LogP contribution in [-0.2, 0) is 13.3 Å². The number of benzene rings is 2. The lowest BCUT2D eigenvalue weighted by molar-refractivity contribution is 0.0870. The van der Waals surface area contributed by atoms with Crippen LogP contribution in [0, 0.1) is 11.5 Å². The van der Waals surface area contributed by atoms with Crippen molar-refractivity contribution in [1.29, 1.82) is 0 Å². The first kappa shape index (κ1) is 21.8. The van der Waals surface area contributed by atoms with E-state index in [1.54, 1.807) is 18.2 Å². The number of ketones is 1. The largest absolute Gasteiger partial charge is 0.591 e. The fourth-order valence-electron chi connectivity index (χ4n) is 2.50. The highest BCUT2D eigenvalue weighted by Gasteiger charge is 2.39. The van der Waals surface area contributed by atoms with Crippen molar-refractivity contribution in [2.24, 2.45) is 0 Å². The van der Waals surface area contributed by atoms with Gasteiger partial charge in [0, 0.05) is 30.9 Å². The average molecular weight is 395 g/mol. The van der Waals surface area contributed by atoms with Crippen LogP contribution in [0.25, 0.3) is 6.08 Å². The highest BCUT2D eigenvalue weighted by molar-refractivity contribution is 6.69. The zero-order valence-electron chi connectivity index (χ0n) is 16.6. The summed E-state index contributed by atoms with van der Waals surface area (Å²) in [7, 11) is -3.00. The smallest absolute Gasteiger partial charge is 0.364 e. The van der Waals surface area contributed by atoms with E-state index in [1.165, 1.54) is 0 Å². The van der Waals surface area contributed by atoms with Gasteiger partial charge >= 0.3 is 8.80 Å². The van der Waals surface area contributed by atoms with E-state index >= 15 is 0 Å². The molecule has 0 saturated heterocycles. The van der Waals surface area contributed by atoms with Crippen LogP contribution in [0.1, 0.15) is 42.3 Å². The maximum absolute atomic E-state index is 12.3. The van der Waals surface area contributed by atoms with Gasteiger partial charge in [-0.3, -0.25) is 4.79 Å².